The van der Waals surface area contributed by atoms with Gasteiger partial charge in [-0.2, -0.15) is 0 Å². The minimum atomic E-state index is -1.25. The van der Waals surface area contributed by atoms with Gasteiger partial charge in [0.25, 0.3) is 0 Å². The maximum atomic E-state index is 11.1. The number of carbonyl (C=O) groups is 1. The van der Waals surface area contributed by atoms with Crippen LogP contribution in [-0.4, -0.2) is 33.8 Å². The topological polar surface area (TPSA) is 77.8 Å². The van der Waals surface area contributed by atoms with Crippen molar-refractivity contribution in [3.8, 4) is 0 Å². The molecule has 0 saturated heterocycles. The molecule has 78 valence electrons. The van der Waals surface area contributed by atoms with Crippen molar-refractivity contribution in [2.75, 3.05) is 6.61 Å². The smallest absolute Gasteiger partial charge is 0.170 e. The quantitative estimate of drug-likeness (QED) is 0.634. The number of aliphatic hydroxyl groups is 3. The molecular weight excluding hydrogens is 204 g/mol. The normalized spacial score (nSPS) is 15.1. The highest BCUT2D eigenvalue weighted by molar-refractivity contribution is 7.12. The second-order valence-electron chi connectivity index (χ2n) is 2.96. The van der Waals surface area contributed by atoms with E-state index in [1.54, 1.807) is 11.4 Å². The molecule has 0 saturated carbocycles. The fraction of sp³-hybridized carbons (Fsp3) is 0.444. The largest absolute Gasteiger partial charge is 0.394 e. The average molecular weight is 216 g/mol. The van der Waals surface area contributed by atoms with Gasteiger partial charge in [0.2, 0.25) is 0 Å². The Morgan fingerprint density at radius 2 is 2.21 bits per heavy atom. The Hall–Kier alpha value is -0.750. The molecule has 0 aromatic carbocycles. The van der Waals surface area contributed by atoms with Crippen molar-refractivity contribution in [1.29, 1.82) is 0 Å². The van der Waals surface area contributed by atoms with Crippen molar-refractivity contribution in [3.05, 3.63) is 21.9 Å². The highest BCUT2D eigenvalue weighted by Crippen LogP contribution is 2.26. The van der Waals surface area contributed by atoms with Gasteiger partial charge in [-0.25, -0.2) is 0 Å². The lowest BCUT2D eigenvalue weighted by molar-refractivity contribution is -0.0153. The second-order valence-corrected chi connectivity index (χ2v) is 3.87. The van der Waals surface area contributed by atoms with Crippen LogP contribution in [0.15, 0.2) is 11.4 Å². The molecule has 1 aromatic rings. The van der Waals surface area contributed by atoms with Gasteiger partial charge in [0, 0.05) is 5.56 Å². The number of hydrogen-bond acceptors (Lipinski definition) is 5. The summed E-state index contributed by atoms with van der Waals surface area (Å²) in [6.45, 7) is 0.863. The summed E-state index contributed by atoms with van der Waals surface area (Å²) in [5.74, 6) is -0.154. The number of hydrogen-bond donors (Lipinski definition) is 3. The molecule has 0 amide bonds. The van der Waals surface area contributed by atoms with Crippen LogP contribution in [0.4, 0.5) is 0 Å². The second kappa shape index (κ2) is 4.65. The van der Waals surface area contributed by atoms with Gasteiger partial charge in [0.05, 0.1) is 11.5 Å². The molecule has 14 heavy (non-hydrogen) atoms. The van der Waals surface area contributed by atoms with Gasteiger partial charge in [0.15, 0.2) is 5.78 Å². The maximum absolute atomic E-state index is 11.1. The minimum Gasteiger partial charge on any atom is -0.394 e. The van der Waals surface area contributed by atoms with Crippen LogP contribution < -0.4 is 0 Å². The van der Waals surface area contributed by atoms with Gasteiger partial charge in [-0.3, -0.25) is 4.79 Å². The summed E-state index contributed by atoms with van der Waals surface area (Å²) >= 11 is 1.21. The number of aliphatic hydroxyl groups excluding tert-OH is 3. The Morgan fingerprint density at radius 1 is 1.57 bits per heavy atom. The number of carbonyl (C=O) groups excluding carboxylic acids is 1. The zero-order valence-electron chi connectivity index (χ0n) is 7.67. The summed E-state index contributed by atoms with van der Waals surface area (Å²) in [6.07, 6.45) is -2.45. The maximum Gasteiger partial charge on any atom is 0.170 e. The van der Waals surface area contributed by atoms with Crippen LogP contribution in [0.2, 0.25) is 0 Å². The minimum absolute atomic E-state index is 0.154. The van der Waals surface area contributed by atoms with Crippen molar-refractivity contribution in [1.82, 2.24) is 0 Å². The lowest BCUT2D eigenvalue weighted by Gasteiger charge is -2.15. The summed E-state index contributed by atoms with van der Waals surface area (Å²) in [7, 11) is 0. The van der Waals surface area contributed by atoms with Crippen LogP contribution in [0.5, 0.6) is 0 Å². The van der Waals surface area contributed by atoms with E-state index in [1.807, 2.05) is 0 Å². The van der Waals surface area contributed by atoms with Gasteiger partial charge < -0.3 is 15.3 Å². The van der Waals surface area contributed by atoms with Crippen molar-refractivity contribution >= 4 is 17.1 Å². The highest BCUT2D eigenvalue weighted by atomic mass is 32.1. The third kappa shape index (κ3) is 2.19. The summed E-state index contributed by atoms with van der Waals surface area (Å²) in [5.41, 5.74) is 0.379. The van der Waals surface area contributed by atoms with Crippen LogP contribution in [0, 0.1) is 0 Å². The predicted octanol–water partition coefficient (Wildman–Crippen LogP) is 0.337. The first-order chi connectivity index (χ1) is 6.57. The zero-order valence-corrected chi connectivity index (χ0v) is 8.49. The Balaban J connectivity index is 2.94. The van der Waals surface area contributed by atoms with E-state index in [0.29, 0.717) is 10.4 Å². The highest BCUT2D eigenvalue weighted by Gasteiger charge is 2.22. The van der Waals surface area contributed by atoms with Crippen molar-refractivity contribution < 1.29 is 20.1 Å². The number of thiophene rings is 1. The van der Waals surface area contributed by atoms with E-state index in [0.717, 1.165) is 0 Å². The fourth-order valence-corrected chi connectivity index (χ4v) is 1.99. The third-order valence-electron chi connectivity index (χ3n) is 1.89. The van der Waals surface area contributed by atoms with E-state index in [2.05, 4.69) is 0 Å². The summed E-state index contributed by atoms with van der Waals surface area (Å²) < 4.78 is 0. The third-order valence-corrected chi connectivity index (χ3v) is 2.92. The number of rotatable bonds is 4. The zero-order chi connectivity index (χ0) is 10.7. The molecule has 1 aromatic heterocycles. The number of Topliss-reactive ketones (excluding diaryl/α,β-unsaturated/α-hetero) is 1. The Bertz CT molecular complexity index is 320. The van der Waals surface area contributed by atoms with E-state index in [-0.39, 0.29) is 5.78 Å². The van der Waals surface area contributed by atoms with E-state index in [1.165, 1.54) is 18.3 Å². The number of ketones is 1. The van der Waals surface area contributed by atoms with Gasteiger partial charge in [-0.1, -0.05) is 0 Å². The Morgan fingerprint density at radius 3 is 2.71 bits per heavy atom. The molecule has 0 bridgehead atoms. The lowest BCUT2D eigenvalue weighted by Crippen LogP contribution is -2.22. The van der Waals surface area contributed by atoms with Crippen LogP contribution in [0.25, 0.3) is 0 Å². The lowest BCUT2D eigenvalue weighted by atomic mass is 10.0. The molecule has 0 aliphatic heterocycles. The summed E-state index contributed by atoms with van der Waals surface area (Å²) in [6, 6.07) is 1.57. The predicted molar refractivity (Wildman–Crippen MR) is 52.4 cm³/mol. The standard InChI is InChI=1S/C9H12O4S/c1-5(11)9-6(2-3-14-9)8(13)7(12)4-10/h2-3,7-8,10,12-13H,4H2,1H3. The molecule has 1 rings (SSSR count). The molecule has 2 unspecified atom stereocenters. The Kier molecular flexibility index (Phi) is 3.77. The van der Waals surface area contributed by atoms with E-state index >= 15 is 0 Å². The molecule has 4 nitrogen and oxygen atoms in total. The van der Waals surface area contributed by atoms with E-state index < -0.39 is 18.8 Å². The molecular formula is C9H12O4S. The summed E-state index contributed by atoms with van der Waals surface area (Å²) in [4.78, 5) is 11.5. The van der Waals surface area contributed by atoms with E-state index in [9.17, 15) is 15.0 Å². The molecule has 1 heterocycles. The van der Waals surface area contributed by atoms with Crippen molar-refractivity contribution in [3.63, 3.8) is 0 Å². The van der Waals surface area contributed by atoms with Gasteiger partial charge >= 0.3 is 0 Å². The first-order valence-electron chi connectivity index (χ1n) is 4.13. The molecule has 0 spiro atoms. The molecule has 0 fully saturated rings. The molecule has 0 aliphatic carbocycles. The first kappa shape index (κ1) is 11.3. The van der Waals surface area contributed by atoms with E-state index in [4.69, 9.17) is 5.11 Å². The van der Waals surface area contributed by atoms with Crippen molar-refractivity contribution in [2.24, 2.45) is 0 Å². The molecule has 0 aliphatic rings. The van der Waals surface area contributed by atoms with Crippen LogP contribution in [-0.2, 0) is 0 Å². The van der Waals surface area contributed by atoms with Crippen LogP contribution in [0.1, 0.15) is 28.3 Å². The molecule has 5 heteroatoms. The fourth-order valence-electron chi connectivity index (χ4n) is 1.15. The van der Waals surface area contributed by atoms with Crippen LogP contribution >= 0.6 is 11.3 Å². The SMILES string of the molecule is CC(=O)c1sccc1C(O)C(O)CO. The first-order valence-corrected chi connectivity index (χ1v) is 5.01. The molecule has 2 atom stereocenters. The Labute approximate surface area is 85.4 Å². The average Bonchev–Trinajstić information content (AvgIpc) is 2.63. The van der Waals surface area contributed by atoms with Crippen molar-refractivity contribution in [2.45, 2.75) is 19.1 Å². The summed E-state index contributed by atoms with van der Waals surface area (Å²) in [5, 5.41) is 29.1. The van der Waals surface area contributed by atoms with Gasteiger partial charge in [-0.15, -0.1) is 11.3 Å². The monoisotopic (exact) mass is 216 g/mol. The van der Waals surface area contributed by atoms with Crippen LogP contribution in [0.3, 0.4) is 0 Å². The van der Waals surface area contributed by atoms with Gasteiger partial charge in [0.1, 0.15) is 12.2 Å². The van der Waals surface area contributed by atoms with Gasteiger partial charge in [-0.05, 0) is 18.4 Å². The molecule has 0 radical (unpaired) electrons. The molecule has 3 N–H and O–H groups in total.